The summed E-state index contributed by atoms with van der Waals surface area (Å²) >= 11 is 7.29. The van der Waals surface area contributed by atoms with Gasteiger partial charge in [0, 0.05) is 16.1 Å². The highest BCUT2D eigenvalue weighted by atomic mass is 35.5. The van der Waals surface area contributed by atoms with Crippen molar-refractivity contribution in [1.29, 1.82) is 0 Å². The number of allylic oxidation sites excluding steroid dienone is 2. The van der Waals surface area contributed by atoms with Gasteiger partial charge < -0.3 is 18.9 Å². The molecule has 1 aromatic heterocycles. The second-order valence-electron chi connectivity index (χ2n) is 11.1. The second kappa shape index (κ2) is 14.9. The molecule has 0 fully saturated rings. The van der Waals surface area contributed by atoms with Crippen molar-refractivity contribution in [1.82, 2.24) is 4.57 Å². The zero-order chi connectivity index (χ0) is 33.7. The number of thiazole rings is 1. The Morgan fingerprint density at radius 2 is 1.87 bits per heavy atom. The third-order valence-electron chi connectivity index (χ3n) is 7.43. The van der Waals surface area contributed by atoms with Crippen LogP contribution >= 0.6 is 22.9 Å². The zero-order valence-corrected chi connectivity index (χ0v) is 28.6. The van der Waals surface area contributed by atoms with Crippen LogP contribution in [0.4, 0.5) is 0 Å². The van der Waals surface area contributed by atoms with Crippen molar-refractivity contribution in [2.75, 3.05) is 13.7 Å². The number of para-hydroxylation sites is 1. The van der Waals surface area contributed by atoms with E-state index < -0.39 is 12.0 Å². The maximum atomic E-state index is 14.3. The first-order valence-corrected chi connectivity index (χ1v) is 16.5. The van der Waals surface area contributed by atoms with Crippen molar-refractivity contribution in [2.45, 2.75) is 52.9 Å². The van der Waals surface area contributed by atoms with Crippen LogP contribution in [-0.4, -0.2) is 30.4 Å². The van der Waals surface area contributed by atoms with E-state index in [0.717, 1.165) is 16.7 Å². The maximum Gasteiger partial charge on any atom is 0.338 e. The average molecular weight is 673 g/mol. The standard InChI is InChI=1S/C37H37ClN2O6S/c1-7-11-26-18-25(19-30(43-6)34(26)45-21-24-14-16-27(38)17-15-24)20-31-35(41)40-33(28-12-9-10-13-29(28)46-22(3)4)32(36(42)44-8-2)23(5)39-37(40)47-31/h7,9-10,12-20,22,33H,1,8,11,21H2,2-6H3/b31-20+/t33-/m1/s1. The fourth-order valence-corrected chi connectivity index (χ4v) is 6.60. The molecule has 0 unspecified atom stereocenters. The van der Waals surface area contributed by atoms with Gasteiger partial charge in [-0.05, 0) is 81.7 Å². The van der Waals surface area contributed by atoms with Crippen molar-refractivity contribution in [3.05, 3.63) is 132 Å². The number of carbonyl (C=O) groups is 1. The number of hydrogen-bond acceptors (Lipinski definition) is 8. The minimum absolute atomic E-state index is 0.124. The molecule has 2 heterocycles. The first-order chi connectivity index (χ1) is 22.6. The molecule has 0 amide bonds. The zero-order valence-electron chi connectivity index (χ0n) is 27.0. The van der Waals surface area contributed by atoms with Gasteiger partial charge in [-0.1, -0.05) is 59.3 Å². The monoisotopic (exact) mass is 672 g/mol. The third kappa shape index (κ3) is 7.37. The fraction of sp³-hybridized carbons (Fsp3) is 0.270. The summed E-state index contributed by atoms with van der Waals surface area (Å²) in [6.07, 6.45) is 3.99. The van der Waals surface area contributed by atoms with Crippen molar-refractivity contribution >= 4 is 35.0 Å². The van der Waals surface area contributed by atoms with E-state index in [1.54, 1.807) is 37.7 Å². The summed E-state index contributed by atoms with van der Waals surface area (Å²) in [6.45, 7) is 11.8. The molecule has 10 heteroatoms. The lowest BCUT2D eigenvalue weighted by Crippen LogP contribution is -2.40. The number of benzene rings is 3. The Balaban J connectivity index is 1.63. The third-order valence-corrected chi connectivity index (χ3v) is 8.66. The number of hydrogen-bond donors (Lipinski definition) is 0. The van der Waals surface area contributed by atoms with Gasteiger partial charge >= 0.3 is 5.97 Å². The molecule has 0 aliphatic carbocycles. The molecule has 1 aliphatic heterocycles. The number of carbonyl (C=O) groups excluding carboxylic acids is 1. The van der Waals surface area contributed by atoms with Gasteiger partial charge in [0.15, 0.2) is 16.3 Å². The molecule has 0 radical (unpaired) electrons. The Morgan fingerprint density at radius 3 is 2.55 bits per heavy atom. The molecular formula is C37H37ClN2O6S. The van der Waals surface area contributed by atoms with Gasteiger partial charge in [-0.3, -0.25) is 9.36 Å². The summed E-state index contributed by atoms with van der Waals surface area (Å²) in [6, 6.07) is 17.9. The normalized spacial score (nSPS) is 14.4. The predicted molar refractivity (Wildman–Crippen MR) is 185 cm³/mol. The topological polar surface area (TPSA) is 88.4 Å². The van der Waals surface area contributed by atoms with Gasteiger partial charge in [0.05, 0.1) is 35.6 Å². The lowest BCUT2D eigenvalue weighted by molar-refractivity contribution is -0.139. The van der Waals surface area contributed by atoms with E-state index in [1.165, 1.54) is 11.3 Å². The quantitative estimate of drug-likeness (QED) is 0.125. The number of halogens is 1. The largest absolute Gasteiger partial charge is 0.493 e. The number of rotatable bonds is 12. The van der Waals surface area contributed by atoms with E-state index in [-0.39, 0.29) is 18.3 Å². The number of fused-ring (bicyclic) bond motifs is 1. The molecule has 1 atom stereocenters. The molecule has 4 aromatic rings. The molecule has 0 spiro atoms. The van der Waals surface area contributed by atoms with Gasteiger partial charge in [0.25, 0.3) is 5.56 Å². The SMILES string of the molecule is C=CCc1cc(/C=c2/sc3n(c2=O)[C@H](c2ccccc2OC(C)C)C(C(=O)OCC)=C(C)N=3)cc(OC)c1OCc1ccc(Cl)cc1. The Labute approximate surface area is 282 Å². The van der Waals surface area contributed by atoms with E-state index in [9.17, 15) is 9.59 Å². The fourth-order valence-electron chi connectivity index (χ4n) is 5.43. The molecule has 8 nitrogen and oxygen atoms in total. The highest BCUT2D eigenvalue weighted by Gasteiger charge is 2.35. The van der Waals surface area contributed by atoms with Gasteiger partial charge in [-0.2, -0.15) is 0 Å². The van der Waals surface area contributed by atoms with Crippen LogP contribution < -0.4 is 29.1 Å². The van der Waals surface area contributed by atoms with Crippen LogP contribution in [0.25, 0.3) is 6.08 Å². The van der Waals surface area contributed by atoms with Crippen LogP contribution in [0.15, 0.2) is 94.4 Å². The molecular weight excluding hydrogens is 636 g/mol. The van der Waals surface area contributed by atoms with Crippen LogP contribution in [0.1, 0.15) is 56.0 Å². The molecule has 3 aromatic carbocycles. The number of nitrogens with zero attached hydrogens (tertiary/aromatic N) is 2. The summed E-state index contributed by atoms with van der Waals surface area (Å²) in [5.41, 5.74) is 3.71. The summed E-state index contributed by atoms with van der Waals surface area (Å²) in [7, 11) is 1.58. The number of aromatic nitrogens is 1. The number of esters is 1. The Hall–Kier alpha value is -4.60. The first-order valence-electron chi connectivity index (χ1n) is 15.3. The smallest absolute Gasteiger partial charge is 0.338 e. The molecule has 0 N–H and O–H groups in total. The minimum Gasteiger partial charge on any atom is -0.493 e. The van der Waals surface area contributed by atoms with Crippen molar-refractivity contribution in [2.24, 2.45) is 4.99 Å². The molecule has 244 valence electrons. The van der Waals surface area contributed by atoms with E-state index in [0.29, 0.717) is 61.5 Å². The van der Waals surface area contributed by atoms with Gasteiger partial charge in [-0.25, -0.2) is 9.79 Å². The van der Waals surface area contributed by atoms with E-state index in [1.807, 2.05) is 74.5 Å². The Kier molecular flexibility index (Phi) is 10.7. The van der Waals surface area contributed by atoms with Gasteiger partial charge in [0.2, 0.25) is 0 Å². The van der Waals surface area contributed by atoms with E-state index in [4.69, 9.17) is 35.5 Å². The molecule has 0 bridgehead atoms. The summed E-state index contributed by atoms with van der Waals surface area (Å²) in [5.74, 6) is 1.17. The summed E-state index contributed by atoms with van der Waals surface area (Å²) < 4.78 is 25.6. The van der Waals surface area contributed by atoms with Crippen molar-refractivity contribution in [3.63, 3.8) is 0 Å². The molecule has 0 saturated heterocycles. The lowest BCUT2D eigenvalue weighted by Gasteiger charge is -2.26. The Bertz CT molecular complexity index is 2010. The molecule has 47 heavy (non-hydrogen) atoms. The maximum absolute atomic E-state index is 14.3. The highest BCUT2D eigenvalue weighted by Crippen LogP contribution is 2.37. The molecule has 0 saturated carbocycles. The van der Waals surface area contributed by atoms with Crippen LogP contribution in [0.3, 0.4) is 0 Å². The lowest BCUT2D eigenvalue weighted by atomic mass is 9.95. The minimum atomic E-state index is -0.795. The van der Waals surface area contributed by atoms with Crippen LogP contribution in [0.2, 0.25) is 5.02 Å². The van der Waals surface area contributed by atoms with Crippen molar-refractivity contribution < 1.29 is 23.7 Å². The number of ether oxygens (including phenoxy) is 4. The van der Waals surface area contributed by atoms with Crippen LogP contribution in [0, 0.1) is 0 Å². The van der Waals surface area contributed by atoms with Crippen LogP contribution in [0.5, 0.6) is 17.2 Å². The Morgan fingerprint density at radius 1 is 1.13 bits per heavy atom. The summed E-state index contributed by atoms with van der Waals surface area (Å²) in [4.78, 5) is 32.8. The molecule has 5 rings (SSSR count). The number of methoxy groups -OCH3 is 1. The average Bonchev–Trinajstić information content (AvgIpc) is 3.34. The first kappa shape index (κ1) is 33.8. The highest BCUT2D eigenvalue weighted by molar-refractivity contribution is 7.07. The molecule has 1 aliphatic rings. The van der Waals surface area contributed by atoms with Gasteiger partial charge in [-0.15, -0.1) is 6.58 Å². The van der Waals surface area contributed by atoms with Crippen LogP contribution in [-0.2, 0) is 22.6 Å². The summed E-state index contributed by atoms with van der Waals surface area (Å²) in [5, 5.41) is 0.653. The van der Waals surface area contributed by atoms with Crippen molar-refractivity contribution in [3.8, 4) is 17.2 Å². The van der Waals surface area contributed by atoms with E-state index >= 15 is 0 Å². The second-order valence-corrected chi connectivity index (χ2v) is 12.6. The predicted octanol–water partition coefficient (Wildman–Crippen LogP) is 6.56. The van der Waals surface area contributed by atoms with Gasteiger partial charge in [0.1, 0.15) is 18.4 Å². The van der Waals surface area contributed by atoms with E-state index in [2.05, 4.69) is 6.58 Å².